The molecular formula is C15H14N2O. The number of methoxy groups -OCH3 is 1. The molecule has 2 rings (SSSR count). The van der Waals surface area contributed by atoms with Crippen LogP contribution in [0.25, 0.3) is 11.3 Å². The Hall–Kier alpha value is -2.34. The highest BCUT2D eigenvalue weighted by Gasteiger charge is 2.06. The number of aromatic nitrogens is 1. The van der Waals surface area contributed by atoms with Crippen molar-refractivity contribution < 1.29 is 4.74 Å². The summed E-state index contributed by atoms with van der Waals surface area (Å²) in [6.45, 7) is 2.12. The molecule has 0 N–H and O–H groups in total. The topological polar surface area (TPSA) is 45.9 Å². The van der Waals surface area contributed by atoms with E-state index in [1.54, 1.807) is 12.3 Å². The molecule has 2 aromatic rings. The lowest BCUT2D eigenvalue weighted by molar-refractivity contribution is 0.411. The fraction of sp³-hybridized carbons (Fsp3) is 0.200. The summed E-state index contributed by atoms with van der Waals surface area (Å²) in [5.74, 6) is 0.506. The summed E-state index contributed by atoms with van der Waals surface area (Å²) < 4.78 is 5.08. The Balaban J connectivity index is 2.41. The summed E-state index contributed by atoms with van der Waals surface area (Å²) in [4.78, 5) is 4.31. The van der Waals surface area contributed by atoms with Crippen LogP contribution in [0, 0.1) is 11.3 Å². The van der Waals surface area contributed by atoms with Crippen LogP contribution >= 0.6 is 0 Å². The van der Waals surface area contributed by atoms with Gasteiger partial charge in [0.05, 0.1) is 24.6 Å². The Bertz CT molecular complexity index is 582. The van der Waals surface area contributed by atoms with Crippen molar-refractivity contribution >= 4 is 0 Å². The summed E-state index contributed by atoms with van der Waals surface area (Å²) in [6, 6.07) is 12.1. The minimum Gasteiger partial charge on any atom is -0.494 e. The Morgan fingerprint density at radius 2 is 2.00 bits per heavy atom. The highest BCUT2D eigenvalue weighted by atomic mass is 16.5. The number of rotatable bonds is 3. The van der Waals surface area contributed by atoms with E-state index in [9.17, 15) is 0 Å². The number of ether oxygens (including phenoxy) is 1. The van der Waals surface area contributed by atoms with E-state index >= 15 is 0 Å². The van der Waals surface area contributed by atoms with Crippen LogP contribution in [0.4, 0.5) is 0 Å². The van der Waals surface area contributed by atoms with Crippen LogP contribution in [-0.4, -0.2) is 12.1 Å². The van der Waals surface area contributed by atoms with Crippen LogP contribution in [0.1, 0.15) is 18.1 Å². The summed E-state index contributed by atoms with van der Waals surface area (Å²) >= 11 is 0. The van der Waals surface area contributed by atoms with E-state index in [0.29, 0.717) is 11.3 Å². The van der Waals surface area contributed by atoms with Crippen LogP contribution in [-0.2, 0) is 6.42 Å². The van der Waals surface area contributed by atoms with Crippen LogP contribution in [0.2, 0.25) is 0 Å². The van der Waals surface area contributed by atoms with Crippen LogP contribution in [0.15, 0.2) is 36.5 Å². The normalized spacial score (nSPS) is 9.83. The highest BCUT2D eigenvalue weighted by molar-refractivity contribution is 5.63. The van der Waals surface area contributed by atoms with Gasteiger partial charge in [-0.15, -0.1) is 0 Å². The fourth-order valence-corrected chi connectivity index (χ4v) is 1.76. The zero-order valence-electron chi connectivity index (χ0n) is 10.5. The lowest BCUT2D eigenvalue weighted by Gasteiger charge is -2.06. The second-order valence-corrected chi connectivity index (χ2v) is 3.93. The molecule has 0 aliphatic rings. The zero-order valence-corrected chi connectivity index (χ0v) is 10.5. The average molecular weight is 238 g/mol. The van der Waals surface area contributed by atoms with Gasteiger partial charge in [-0.2, -0.15) is 5.26 Å². The van der Waals surface area contributed by atoms with E-state index in [-0.39, 0.29) is 0 Å². The molecule has 0 saturated carbocycles. The van der Waals surface area contributed by atoms with Gasteiger partial charge >= 0.3 is 0 Å². The van der Waals surface area contributed by atoms with Crippen molar-refractivity contribution in [2.24, 2.45) is 0 Å². The van der Waals surface area contributed by atoms with Crippen molar-refractivity contribution in [2.75, 3.05) is 7.11 Å². The molecule has 1 heterocycles. The highest BCUT2D eigenvalue weighted by Crippen LogP contribution is 2.23. The molecule has 3 heteroatoms. The fourth-order valence-electron chi connectivity index (χ4n) is 1.76. The number of benzene rings is 1. The van der Waals surface area contributed by atoms with Crippen LogP contribution in [0.5, 0.6) is 5.75 Å². The molecule has 1 aromatic carbocycles. The van der Waals surface area contributed by atoms with Gasteiger partial charge in [0.25, 0.3) is 0 Å². The molecule has 18 heavy (non-hydrogen) atoms. The molecule has 0 fully saturated rings. The number of aryl methyl sites for hydroxylation is 1. The van der Waals surface area contributed by atoms with Gasteiger partial charge in [0.15, 0.2) is 5.75 Å². The Morgan fingerprint density at radius 1 is 1.28 bits per heavy atom. The second kappa shape index (κ2) is 5.33. The lowest BCUT2D eigenvalue weighted by atomic mass is 10.1. The third kappa shape index (κ3) is 2.33. The standard InChI is InChI=1S/C15H14N2O/c1-3-11-4-6-12(7-5-11)14-8-13(9-16)15(18-2)10-17-14/h4-8,10H,3H2,1-2H3. The quantitative estimate of drug-likeness (QED) is 0.825. The first kappa shape index (κ1) is 12.1. The summed E-state index contributed by atoms with van der Waals surface area (Å²) in [7, 11) is 1.54. The van der Waals surface area contributed by atoms with Crippen LogP contribution < -0.4 is 4.74 Å². The third-order valence-electron chi connectivity index (χ3n) is 2.87. The first-order valence-corrected chi connectivity index (χ1v) is 5.82. The SMILES string of the molecule is CCc1ccc(-c2cc(C#N)c(OC)cn2)cc1. The van der Waals surface area contributed by atoms with E-state index < -0.39 is 0 Å². The predicted molar refractivity (Wildman–Crippen MR) is 70.3 cm³/mol. The maximum Gasteiger partial charge on any atom is 0.154 e. The number of hydrogen-bond acceptors (Lipinski definition) is 3. The molecule has 0 atom stereocenters. The number of pyridine rings is 1. The number of hydrogen-bond donors (Lipinski definition) is 0. The first-order chi connectivity index (χ1) is 8.78. The molecular weight excluding hydrogens is 224 g/mol. The Kier molecular flexibility index (Phi) is 3.59. The van der Waals surface area contributed by atoms with Gasteiger partial charge in [-0.05, 0) is 18.1 Å². The number of nitrogens with zero attached hydrogens (tertiary/aromatic N) is 2. The largest absolute Gasteiger partial charge is 0.494 e. The van der Waals surface area contributed by atoms with Crippen molar-refractivity contribution in [3.8, 4) is 23.1 Å². The molecule has 0 aliphatic carbocycles. The third-order valence-corrected chi connectivity index (χ3v) is 2.87. The van der Waals surface area contributed by atoms with Crippen molar-refractivity contribution in [3.05, 3.63) is 47.7 Å². The monoisotopic (exact) mass is 238 g/mol. The van der Waals surface area contributed by atoms with E-state index in [1.807, 2.05) is 12.1 Å². The van der Waals surface area contributed by atoms with Gasteiger partial charge in [-0.1, -0.05) is 31.2 Å². The average Bonchev–Trinajstić information content (AvgIpc) is 2.46. The smallest absolute Gasteiger partial charge is 0.154 e. The van der Waals surface area contributed by atoms with Gasteiger partial charge in [0.2, 0.25) is 0 Å². The molecule has 0 saturated heterocycles. The van der Waals surface area contributed by atoms with Gasteiger partial charge in [0, 0.05) is 5.56 Å². The molecule has 0 bridgehead atoms. The summed E-state index contributed by atoms with van der Waals surface area (Å²) in [5.41, 5.74) is 3.58. The van der Waals surface area contributed by atoms with E-state index in [2.05, 4.69) is 30.1 Å². The molecule has 90 valence electrons. The number of nitriles is 1. The molecule has 0 aliphatic heterocycles. The summed E-state index contributed by atoms with van der Waals surface area (Å²) in [6.07, 6.45) is 2.60. The van der Waals surface area contributed by atoms with Gasteiger partial charge < -0.3 is 4.74 Å². The van der Waals surface area contributed by atoms with Crippen molar-refractivity contribution in [2.45, 2.75) is 13.3 Å². The van der Waals surface area contributed by atoms with E-state index in [4.69, 9.17) is 10.00 Å². The van der Waals surface area contributed by atoms with E-state index in [0.717, 1.165) is 17.7 Å². The second-order valence-electron chi connectivity index (χ2n) is 3.93. The molecule has 0 spiro atoms. The maximum absolute atomic E-state index is 9.05. The molecule has 0 amide bonds. The van der Waals surface area contributed by atoms with Gasteiger partial charge in [0.1, 0.15) is 6.07 Å². The maximum atomic E-state index is 9.05. The van der Waals surface area contributed by atoms with Crippen molar-refractivity contribution in [3.63, 3.8) is 0 Å². The predicted octanol–water partition coefficient (Wildman–Crippen LogP) is 3.19. The minimum absolute atomic E-state index is 0.502. The molecule has 0 unspecified atom stereocenters. The molecule has 3 nitrogen and oxygen atoms in total. The lowest BCUT2D eigenvalue weighted by Crippen LogP contribution is -1.92. The van der Waals surface area contributed by atoms with Crippen molar-refractivity contribution in [1.29, 1.82) is 5.26 Å². The summed E-state index contributed by atoms with van der Waals surface area (Å²) in [5, 5.41) is 9.05. The van der Waals surface area contributed by atoms with Gasteiger partial charge in [-0.3, -0.25) is 4.98 Å². The zero-order chi connectivity index (χ0) is 13.0. The Morgan fingerprint density at radius 3 is 2.56 bits per heavy atom. The Labute approximate surface area is 107 Å². The minimum atomic E-state index is 0.502. The van der Waals surface area contributed by atoms with Crippen LogP contribution in [0.3, 0.4) is 0 Å². The molecule has 0 radical (unpaired) electrons. The first-order valence-electron chi connectivity index (χ1n) is 5.82. The van der Waals surface area contributed by atoms with Crippen molar-refractivity contribution in [1.82, 2.24) is 4.98 Å². The molecule has 1 aromatic heterocycles. The van der Waals surface area contributed by atoms with Gasteiger partial charge in [-0.25, -0.2) is 0 Å². The van der Waals surface area contributed by atoms with E-state index in [1.165, 1.54) is 12.7 Å².